The Balaban J connectivity index is 1.41. The number of nitrogens with one attached hydrogen (secondary N) is 1. The van der Waals surface area contributed by atoms with Crippen molar-refractivity contribution in [3.8, 4) is 32.0 Å². The van der Waals surface area contributed by atoms with Crippen LogP contribution in [0.1, 0.15) is 37.5 Å². The van der Waals surface area contributed by atoms with Crippen molar-refractivity contribution in [3.05, 3.63) is 150 Å². The largest absolute Gasteiger partial charge is 0.397 e. The Hall–Kier alpha value is -4.86. The topological polar surface area (TPSA) is 38.0 Å². The predicted molar refractivity (Wildman–Crippen MR) is 193 cm³/mol. The van der Waals surface area contributed by atoms with Gasteiger partial charge in [-0.2, -0.15) is 0 Å². The summed E-state index contributed by atoms with van der Waals surface area (Å²) in [5.41, 5.74) is 19.6. The second-order valence-electron chi connectivity index (χ2n) is 10.4. The summed E-state index contributed by atoms with van der Waals surface area (Å²) in [5.74, 6) is 0. The van der Waals surface area contributed by atoms with Crippen molar-refractivity contribution in [1.82, 2.24) is 0 Å². The van der Waals surface area contributed by atoms with Crippen LogP contribution in [0, 0.1) is 0 Å². The molecule has 0 spiro atoms. The van der Waals surface area contributed by atoms with Gasteiger partial charge in [0.05, 0.1) is 11.4 Å². The molecule has 1 aliphatic rings. The zero-order valence-corrected chi connectivity index (χ0v) is 26.0. The lowest BCUT2D eigenvalue weighted by atomic mass is 9.92. The summed E-state index contributed by atoms with van der Waals surface area (Å²) in [6, 6.07) is 24.2. The molecule has 43 heavy (non-hydrogen) atoms. The Morgan fingerprint density at radius 3 is 2.14 bits per heavy atom. The van der Waals surface area contributed by atoms with Gasteiger partial charge in [-0.05, 0) is 89.6 Å². The Labute approximate surface area is 260 Å². The van der Waals surface area contributed by atoms with Gasteiger partial charge in [-0.1, -0.05) is 110 Å². The summed E-state index contributed by atoms with van der Waals surface area (Å²) in [4.78, 5) is 2.47. The monoisotopic (exact) mass is 578 g/mol. The summed E-state index contributed by atoms with van der Waals surface area (Å²) in [5, 5.41) is 3.43. The quantitative estimate of drug-likeness (QED) is 0.153. The molecule has 0 radical (unpaired) electrons. The van der Waals surface area contributed by atoms with Crippen LogP contribution in [-0.2, 0) is 0 Å². The Morgan fingerprint density at radius 2 is 1.53 bits per heavy atom. The first-order chi connectivity index (χ1) is 21.0. The van der Waals surface area contributed by atoms with E-state index in [1.165, 1.54) is 20.9 Å². The molecule has 0 bridgehead atoms. The van der Waals surface area contributed by atoms with Crippen LogP contribution in [0.25, 0.3) is 49.7 Å². The van der Waals surface area contributed by atoms with Crippen LogP contribution in [-0.4, -0.2) is 6.54 Å². The van der Waals surface area contributed by atoms with Gasteiger partial charge in [-0.15, -0.1) is 11.3 Å². The van der Waals surface area contributed by atoms with E-state index in [-0.39, 0.29) is 0 Å². The first-order valence-corrected chi connectivity index (χ1v) is 15.4. The predicted octanol–water partition coefficient (Wildman–Crippen LogP) is 11.5. The molecule has 3 aromatic carbocycles. The number of anilines is 2. The maximum atomic E-state index is 6.63. The number of hydrogen-bond acceptors (Lipinski definition) is 3. The van der Waals surface area contributed by atoms with E-state index in [0.717, 1.165) is 62.5 Å². The van der Waals surface area contributed by atoms with E-state index in [9.17, 15) is 0 Å². The Morgan fingerprint density at radius 1 is 0.884 bits per heavy atom. The highest BCUT2D eigenvalue weighted by molar-refractivity contribution is 7.18. The highest BCUT2D eigenvalue weighted by Gasteiger charge is 2.16. The number of hydrogen-bond donors (Lipinski definition) is 2. The number of rotatable bonds is 9. The van der Waals surface area contributed by atoms with Crippen molar-refractivity contribution in [2.45, 2.75) is 20.8 Å². The molecule has 1 aliphatic heterocycles. The molecule has 3 heteroatoms. The molecule has 1 aromatic heterocycles. The van der Waals surface area contributed by atoms with E-state index in [1.807, 2.05) is 39.0 Å². The number of allylic oxidation sites excluding steroid dienone is 9. The van der Waals surface area contributed by atoms with Crippen LogP contribution in [0.2, 0.25) is 0 Å². The van der Waals surface area contributed by atoms with Crippen molar-refractivity contribution in [2.24, 2.45) is 0 Å². The van der Waals surface area contributed by atoms with Gasteiger partial charge < -0.3 is 11.1 Å². The zero-order chi connectivity index (χ0) is 30.3. The molecule has 0 fully saturated rings. The van der Waals surface area contributed by atoms with Crippen LogP contribution >= 0.6 is 11.3 Å². The van der Waals surface area contributed by atoms with E-state index in [4.69, 9.17) is 5.73 Å². The third-order valence-corrected chi connectivity index (χ3v) is 8.81. The minimum absolute atomic E-state index is 0.796. The second-order valence-corrected chi connectivity index (χ2v) is 11.5. The second kappa shape index (κ2) is 13.4. The fourth-order valence-electron chi connectivity index (χ4n) is 5.34. The first kappa shape index (κ1) is 29.6. The van der Waals surface area contributed by atoms with Crippen molar-refractivity contribution >= 4 is 40.4 Å². The van der Waals surface area contributed by atoms with Crippen LogP contribution in [0.5, 0.6) is 0 Å². The number of nitrogen functional groups attached to an aromatic ring is 1. The minimum atomic E-state index is 0.796. The average Bonchev–Trinajstić information content (AvgIpc) is 3.55. The molecule has 0 unspecified atom stereocenters. The van der Waals surface area contributed by atoms with Gasteiger partial charge >= 0.3 is 0 Å². The summed E-state index contributed by atoms with van der Waals surface area (Å²) in [6.45, 7) is 15.1. The number of benzene rings is 3. The molecule has 2 nitrogen and oxygen atoms in total. The smallest absolute Gasteiger partial charge is 0.0656 e. The maximum Gasteiger partial charge on any atom is 0.0656 e. The van der Waals surface area contributed by atoms with Crippen molar-refractivity contribution in [1.29, 1.82) is 0 Å². The molecular weight excluding hydrogens is 541 g/mol. The standard InChI is InChI=1S/C40H38N2S/c1-6-11-28(9-4)25-35(27(5)8-3)29-14-18-31(19-15-29)37-22-23-38(43-37)32-20-16-30(17-21-32)36-26-33-13-10-24-42-40(33)39(41)34(36)12-7-2/h6-23,25-26,42H,3,5,24,41H2,1-2,4H3/b11-6-,12-7-,28-9-,35-25+. The van der Waals surface area contributed by atoms with Crippen molar-refractivity contribution in [2.75, 3.05) is 17.6 Å². The SMILES string of the molecule is C=CC(=C)\C(=C/C(/C=C\C)=C\C)c1ccc(-c2ccc(-c3ccc(-c4cc5c(c(N)c4/C=C\C)NCC=C5)cc3)s2)cc1. The molecule has 0 aliphatic carbocycles. The maximum absolute atomic E-state index is 6.63. The fraction of sp³-hybridized carbons (Fsp3) is 0.100. The lowest BCUT2D eigenvalue weighted by molar-refractivity contribution is 1.31. The summed E-state index contributed by atoms with van der Waals surface area (Å²) in [6.07, 6.45) is 18.7. The molecular formula is C40H38N2S. The molecule has 3 N–H and O–H groups in total. The fourth-order valence-corrected chi connectivity index (χ4v) is 6.35. The number of nitrogens with two attached hydrogens (primary N) is 1. The Bertz CT molecular complexity index is 1800. The minimum Gasteiger partial charge on any atom is -0.397 e. The molecule has 2 heterocycles. The van der Waals surface area contributed by atoms with Crippen molar-refractivity contribution < 1.29 is 0 Å². The molecule has 4 aromatic rings. The molecule has 0 amide bonds. The lowest BCUT2D eigenvalue weighted by Crippen LogP contribution is -2.09. The van der Waals surface area contributed by atoms with Gasteiger partial charge in [0.25, 0.3) is 0 Å². The van der Waals surface area contributed by atoms with E-state index in [2.05, 4.69) is 122 Å². The van der Waals surface area contributed by atoms with Crippen LogP contribution in [0.3, 0.4) is 0 Å². The third kappa shape index (κ3) is 6.33. The molecule has 0 atom stereocenters. The average molecular weight is 579 g/mol. The van der Waals surface area contributed by atoms with E-state index < -0.39 is 0 Å². The zero-order valence-electron chi connectivity index (χ0n) is 25.2. The summed E-state index contributed by atoms with van der Waals surface area (Å²) in [7, 11) is 0. The highest BCUT2D eigenvalue weighted by Crippen LogP contribution is 2.40. The normalized spacial score (nSPS) is 13.4. The van der Waals surface area contributed by atoms with Gasteiger partial charge in [-0.25, -0.2) is 0 Å². The molecule has 0 saturated heterocycles. The van der Waals surface area contributed by atoms with Gasteiger partial charge in [-0.3, -0.25) is 0 Å². The summed E-state index contributed by atoms with van der Waals surface area (Å²) >= 11 is 1.80. The molecule has 0 saturated carbocycles. The highest BCUT2D eigenvalue weighted by atomic mass is 32.1. The number of fused-ring (bicyclic) bond motifs is 1. The van der Waals surface area contributed by atoms with Crippen LogP contribution < -0.4 is 11.1 Å². The van der Waals surface area contributed by atoms with Gasteiger partial charge in [0.2, 0.25) is 0 Å². The van der Waals surface area contributed by atoms with E-state index in [0.29, 0.717) is 0 Å². The number of thiophene rings is 1. The lowest BCUT2D eigenvalue weighted by Gasteiger charge is -2.20. The van der Waals surface area contributed by atoms with Crippen molar-refractivity contribution in [3.63, 3.8) is 0 Å². The van der Waals surface area contributed by atoms with E-state index >= 15 is 0 Å². The molecule has 5 rings (SSSR count). The third-order valence-electron chi connectivity index (χ3n) is 7.63. The van der Waals surface area contributed by atoms with Gasteiger partial charge in [0.15, 0.2) is 0 Å². The molecule has 214 valence electrons. The van der Waals surface area contributed by atoms with Crippen LogP contribution in [0.4, 0.5) is 11.4 Å². The van der Waals surface area contributed by atoms with E-state index in [1.54, 1.807) is 11.3 Å². The Kier molecular flexibility index (Phi) is 9.24. The van der Waals surface area contributed by atoms with Gasteiger partial charge in [0.1, 0.15) is 0 Å². The summed E-state index contributed by atoms with van der Waals surface area (Å²) < 4.78 is 0. The van der Waals surface area contributed by atoms with Gasteiger partial charge in [0, 0.05) is 27.4 Å². The first-order valence-electron chi connectivity index (χ1n) is 14.6. The van der Waals surface area contributed by atoms with Crippen LogP contribution in [0.15, 0.2) is 134 Å².